The van der Waals surface area contributed by atoms with Gasteiger partial charge in [0.05, 0.1) is 7.11 Å². The second-order valence-corrected chi connectivity index (χ2v) is 7.27. The van der Waals surface area contributed by atoms with E-state index in [2.05, 4.69) is 10.6 Å². The molecule has 0 aliphatic heterocycles. The summed E-state index contributed by atoms with van der Waals surface area (Å²) in [6, 6.07) is 4.31. The molecule has 1 rings (SSSR count). The van der Waals surface area contributed by atoms with Gasteiger partial charge in [-0.05, 0) is 38.7 Å². The third-order valence-electron chi connectivity index (χ3n) is 3.65. The van der Waals surface area contributed by atoms with Crippen LogP contribution in [0.3, 0.4) is 0 Å². The van der Waals surface area contributed by atoms with Gasteiger partial charge < -0.3 is 30.2 Å². The maximum absolute atomic E-state index is 12.4. The van der Waals surface area contributed by atoms with Gasteiger partial charge in [-0.3, -0.25) is 4.79 Å². The lowest BCUT2D eigenvalue weighted by Gasteiger charge is -2.23. The summed E-state index contributed by atoms with van der Waals surface area (Å²) in [6.07, 6.45) is -0.623. The molecule has 10 heteroatoms. The molecule has 0 heterocycles. The Hall–Kier alpha value is -2.59. The van der Waals surface area contributed by atoms with E-state index in [4.69, 9.17) is 19.5 Å². The highest BCUT2D eigenvalue weighted by Crippen LogP contribution is 2.07. The van der Waals surface area contributed by atoms with E-state index in [1.54, 1.807) is 32.9 Å². The number of amides is 2. The molecule has 1 aromatic carbocycles. The Balaban J connectivity index is 2.76. The Morgan fingerprint density at radius 1 is 1.11 bits per heavy atom. The fourth-order valence-electron chi connectivity index (χ4n) is 2.24. The summed E-state index contributed by atoms with van der Waals surface area (Å²) in [5.74, 6) is -1.23. The molecule has 4 N–H and O–H groups in total. The first-order valence-electron chi connectivity index (χ1n) is 8.75. The number of hydrogen-bond donors (Lipinski definition) is 4. The molecule has 2 amide bonds. The van der Waals surface area contributed by atoms with E-state index in [1.165, 1.54) is 26.2 Å². The maximum atomic E-state index is 12.4. The van der Waals surface area contributed by atoms with Gasteiger partial charge in [0.2, 0.25) is 5.91 Å². The molecule has 0 saturated carbocycles. The van der Waals surface area contributed by atoms with Gasteiger partial charge in [-0.15, -0.1) is 0 Å². The van der Waals surface area contributed by atoms with Crippen molar-refractivity contribution < 1.29 is 33.9 Å². The molecule has 0 aromatic heterocycles. The summed E-state index contributed by atoms with van der Waals surface area (Å²) in [7, 11) is -0.389. The van der Waals surface area contributed by atoms with Gasteiger partial charge in [0, 0.05) is 6.42 Å². The lowest BCUT2D eigenvalue weighted by molar-refractivity contribution is -0.145. The van der Waals surface area contributed by atoms with Crippen LogP contribution in [0.25, 0.3) is 0 Å². The fourth-order valence-corrected chi connectivity index (χ4v) is 2.24. The van der Waals surface area contributed by atoms with Gasteiger partial charge >= 0.3 is 19.2 Å². The van der Waals surface area contributed by atoms with Crippen LogP contribution < -0.4 is 16.1 Å². The second-order valence-electron chi connectivity index (χ2n) is 7.27. The molecule has 0 radical (unpaired) electrons. The summed E-state index contributed by atoms with van der Waals surface area (Å²) in [4.78, 5) is 36.2. The SMILES string of the molecule is COC(=O)[C@H](Cc1ccc(B(O)O)cc1)NC(=O)[C@H](C)NC(=O)OC(C)(C)C. The van der Waals surface area contributed by atoms with Crippen LogP contribution in [0.5, 0.6) is 0 Å². The molecular formula is C18H27BN2O7. The summed E-state index contributed by atoms with van der Waals surface area (Å²) in [5.41, 5.74) is 0.272. The van der Waals surface area contributed by atoms with Gasteiger partial charge in [-0.2, -0.15) is 0 Å². The first-order valence-corrected chi connectivity index (χ1v) is 8.75. The largest absolute Gasteiger partial charge is 0.488 e. The summed E-state index contributed by atoms with van der Waals surface area (Å²) < 4.78 is 9.82. The average molecular weight is 394 g/mol. The van der Waals surface area contributed by atoms with Crippen LogP contribution in [0.4, 0.5) is 4.79 Å². The Morgan fingerprint density at radius 3 is 2.14 bits per heavy atom. The number of carbonyl (C=O) groups is 3. The van der Waals surface area contributed by atoms with Crippen LogP contribution in [0.15, 0.2) is 24.3 Å². The lowest BCUT2D eigenvalue weighted by atomic mass is 9.80. The van der Waals surface area contributed by atoms with E-state index >= 15 is 0 Å². The number of rotatable bonds is 7. The predicted octanol–water partition coefficient (Wildman–Crippen LogP) is -0.520. The topological polar surface area (TPSA) is 134 Å². The van der Waals surface area contributed by atoms with Crippen molar-refractivity contribution in [2.24, 2.45) is 0 Å². The molecule has 0 bridgehead atoms. The number of methoxy groups -OCH3 is 1. The van der Waals surface area contributed by atoms with E-state index in [9.17, 15) is 14.4 Å². The maximum Gasteiger partial charge on any atom is 0.488 e. The molecule has 0 aliphatic carbocycles. The number of carbonyl (C=O) groups excluding carboxylic acids is 3. The number of benzene rings is 1. The molecule has 154 valence electrons. The zero-order valence-corrected chi connectivity index (χ0v) is 16.7. The Labute approximate surface area is 164 Å². The van der Waals surface area contributed by atoms with Crippen LogP contribution in [0.2, 0.25) is 0 Å². The van der Waals surface area contributed by atoms with Gasteiger partial charge in [0.25, 0.3) is 0 Å². The molecule has 9 nitrogen and oxygen atoms in total. The minimum atomic E-state index is -1.59. The normalized spacial score (nSPS) is 13.1. The molecule has 0 fully saturated rings. The average Bonchev–Trinajstić information content (AvgIpc) is 2.58. The van der Waals surface area contributed by atoms with Crippen LogP contribution in [0, 0.1) is 0 Å². The highest BCUT2D eigenvalue weighted by molar-refractivity contribution is 6.58. The first kappa shape index (κ1) is 23.5. The number of ether oxygens (including phenoxy) is 2. The predicted molar refractivity (Wildman–Crippen MR) is 103 cm³/mol. The van der Waals surface area contributed by atoms with E-state index in [0.717, 1.165) is 0 Å². The standard InChI is InChI=1S/C18H27BN2O7/c1-11(20-17(24)28-18(2,3)4)15(22)21-14(16(23)27-5)10-12-6-8-13(9-7-12)19(25)26/h6-9,11,14,25-26H,10H2,1-5H3,(H,20,24)(H,21,22)/t11-,14-/m0/s1. The lowest BCUT2D eigenvalue weighted by Crippen LogP contribution is -2.52. The molecule has 0 unspecified atom stereocenters. The molecular weight excluding hydrogens is 367 g/mol. The molecule has 0 spiro atoms. The van der Waals surface area contributed by atoms with Crippen LogP contribution in [-0.2, 0) is 25.5 Å². The molecule has 0 saturated heterocycles. The molecule has 28 heavy (non-hydrogen) atoms. The highest BCUT2D eigenvalue weighted by atomic mass is 16.6. The Morgan fingerprint density at radius 2 is 1.68 bits per heavy atom. The molecule has 2 atom stereocenters. The summed E-state index contributed by atoms with van der Waals surface area (Å²) in [6.45, 7) is 6.56. The Kier molecular flexibility index (Phi) is 8.46. The van der Waals surface area contributed by atoms with Crippen LogP contribution in [-0.4, -0.2) is 59.9 Å². The van der Waals surface area contributed by atoms with Crippen molar-refractivity contribution in [1.29, 1.82) is 0 Å². The minimum Gasteiger partial charge on any atom is -0.467 e. The van der Waals surface area contributed by atoms with Crippen molar-refractivity contribution in [3.63, 3.8) is 0 Å². The van der Waals surface area contributed by atoms with Crippen molar-refractivity contribution in [2.45, 2.75) is 51.8 Å². The van der Waals surface area contributed by atoms with Crippen molar-refractivity contribution in [3.05, 3.63) is 29.8 Å². The second kappa shape index (κ2) is 10.1. The van der Waals surface area contributed by atoms with Gasteiger partial charge in [0.1, 0.15) is 17.7 Å². The monoisotopic (exact) mass is 394 g/mol. The first-order chi connectivity index (χ1) is 12.9. The minimum absolute atomic E-state index is 0.124. The molecule has 0 aliphatic rings. The van der Waals surface area contributed by atoms with Crippen molar-refractivity contribution in [2.75, 3.05) is 7.11 Å². The van der Waals surface area contributed by atoms with E-state index < -0.39 is 42.8 Å². The zero-order valence-electron chi connectivity index (χ0n) is 16.7. The fraction of sp³-hybridized carbons (Fsp3) is 0.500. The van der Waals surface area contributed by atoms with E-state index in [-0.39, 0.29) is 6.42 Å². The van der Waals surface area contributed by atoms with Crippen molar-refractivity contribution >= 4 is 30.6 Å². The van der Waals surface area contributed by atoms with E-state index in [1.807, 2.05) is 0 Å². The van der Waals surface area contributed by atoms with Crippen LogP contribution >= 0.6 is 0 Å². The van der Waals surface area contributed by atoms with Gasteiger partial charge in [-0.25, -0.2) is 9.59 Å². The number of hydrogen-bond acceptors (Lipinski definition) is 7. The number of alkyl carbamates (subject to hydrolysis) is 1. The summed E-state index contributed by atoms with van der Waals surface area (Å²) in [5, 5.41) is 23.2. The third kappa shape index (κ3) is 7.97. The van der Waals surface area contributed by atoms with Gasteiger partial charge in [-0.1, -0.05) is 24.3 Å². The smallest absolute Gasteiger partial charge is 0.467 e. The Bertz CT molecular complexity index is 686. The number of nitrogens with one attached hydrogen (secondary N) is 2. The van der Waals surface area contributed by atoms with Crippen molar-refractivity contribution in [3.8, 4) is 0 Å². The highest BCUT2D eigenvalue weighted by Gasteiger charge is 2.26. The zero-order chi connectivity index (χ0) is 21.5. The van der Waals surface area contributed by atoms with Crippen LogP contribution in [0.1, 0.15) is 33.3 Å². The summed E-state index contributed by atoms with van der Waals surface area (Å²) >= 11 is 0. The van der Waals surface area contributed by atoms with E-state index in [0.29, 0.717) is 11.0 Å². The third-order valence-corrected chi connectivity index (χ3v) is 3.65. The molecule has 1 aromatic rings. The van der Waals surface area contributed by atoms with Gasteiger partial charge in [0.15, 0.2) is 0 Å². The van der Waals surface area contributed by atoms with Crippen molar-refractivity contribution in [1.82, 2.24) is 10.6 Å². The number of esters is 1. The quantitative estimate of drug-likeness (QED) is 0.361.